The number of nitrogens with one attached hydrogen (secondary N) is 3. The number of halogens is 3. The number of benzene rings is 2. The van der Waals surface area contributed by atoms with Crippen molar-refractivity contribution in [1.29, 1.82) is 0 Å². The summed E-state index contributed by atoms with van der Waals surface area (Å²) >= 11 is 0. The van der Waals surface area contributed by atoms with Crippen molar-refractivity contribution in [3.63, 3.8) is 0 Å². The fraction of sp³-hybridized carbons (Fsp3) is 0.125. The van der Waals surface area contributed by atoms with E-state index in [1.807, 2.05) is 9.82 Å². The van der Waals surface area contributed by atoms with Gasteiger partial charge in [0.25, 0.3) is 15.7 Å². The molecule has 0 fully saturated rings. The van der Waals surface area contributed by atoms with Crippen molar-refractivity contribution in [1.82, 2.24) is 15.2 Å². The Kier molecular flexibility index (Phi) is 5.11. The molecular weight excluding hydrogens is 431 g/mol. The Bertz CT molecular complexity index is 1300. The van der Waals surface area contributed by atoms with Gasteiger partial charge in [-0.2, -0.15) is 18.3 Å². The van der Waals surface area contributed by atoms with Crippen LogP contribution in [0.5, 0.6) is 0 Å². The summed E-state index contributed by atoms with van der Waals surface area (Å²) in [5, 5.41) is 16.6. The molecule has 2 aromatic carbocycles. The highest BCUT2D eigenvalue weighted by atomic mass is 32.2. The number of aryl methyl sites for hydroxylation is 1. The Hall–Kier alpha value is -3.68. The maximum absolute atomic E-state index is 13.3. The summed E-state index contributed by atoms with van der Waals surface area (Å²) < 4.78 is 67.0. The van der Waals surface area contributed by atoms with Gasteiger partial charge in [0.05, 0.1) is 21.1 Å². The van der Waals surface area contributed by atoms with E-state index in [2.05, 4.69) is 10.1 Å². The molecular formula is C16H12F3N5O5S. The number of H-pyrrole nitrogens is 2. The summed E-state index contributed by atoms with van der Waals surface area (Å²) in [4.78, 5) is 23.1. The van der Waals surface area contributed by atoms with Gasteiger partial charge >= 0.3 is 11.9 Å². The van der Waals surface area contributed by atoms with Crippen LogP contribution in [0.2, 0.25) is 0 Å². The van der Waals surface area contributed by atoms with Crippen molar-refractivity contribution in [2.45, 2.75) is 18.0 Å². The molecule has 30 heavy (non-hydrogen) atoms. The van der Waals surface area contributed by atoms with E-state index in [0.717, 1.165) is 18.2 Å². The molecule has 1 heterocycles. The number of aromatic amines is 2. The first-order valence-corrected chi connectivity index (χ1v) is 9.50. The topological polar surface area (TPSA) is 151 Å². The lowest BCUT2D eigenvalue weighted by molar-refractivity contribution is -0.385. The minimum Gasteiger partial charge on any atom is -0.289 e. The zero-order valence-electron chi connectivity index (χ0n) is 14.9. The summed E-state index contributed by atoms with van der Waals surface area (Å²) in [5.74, 6) is -0.238. The van der Waals surface area contributed by atoms with Crippen LogP contribution < -0.4 is 10.4 Å². The van der Waals surface area contributed by atoms with Crippen molar-refractivity contribution in [2.24, 2.45) is 0 Å². The fourth-order valence-electron chi connectivity index (χ4n) is 2.56. The first kappa shape index (κ1) is 21.0. The average Bonchev–Trinajstić information content (AvgIpc) is 3.06. The van der Waals surface area contributed by atoms with E-state index in [9.17, 15) is 36.5 Å². The van der Waals surface area contributed by atoms with Gasteiger partial charge in [0.15, 0.2) is 5.82 Å². The van der Waals surface area contributed by atoms with Gasteiger partial charge in [0.2, 0.25) is 0 Å². The number of hydrogen-bond acceptors (Lipinski definition) is 6. The van der Waals surface area contributed by atoms with Crippen molar-refractivity contribution in [3.05, 3.63) is 68.1 Å². The predicted molar refractivity (Wildman–Crippen MR) is 98.3 cm³/mol. The van der Waals surface area contributed by atoms with E-state index in [1.165, 1.54) is 13.0 Å². The van der Waals surface area contributed by atoms with Crippen LogP contribution in [0.15, 0.2) is 46.1 Å². The zero-order valence-corrected chi connectivity index (χ0v) is 15.8. The first-order chi connectivity index (χ1) is 13.9. The maximum Gasteiger partial charge on any atom is 0.416 e. The molecule has 3 aromatic rings. The lowest BCUT2D eigenvalue weighted by atomic mass is 10.1. The lowest BCUT2D eigenvalue weighted by Crippen LogP contribution is -2.15. The normalized spacial score (nSPS) is 12.0. The van der Waals surface area contributed by atoms with Gasteiger partial charge in [0, 0.05) is 17.2 Å². The largest absolute Gasteiger partial charge is 0.416 e. The van der Waals surface area contributed by atoms with Crippen LogP contribution in [-0.4, -0.2) is 28.5 Å². The van der Waals surface area contributed by atoms with Crippen molar-refractivity contribution >= 4 is 21.4 Å². The Morgan fingerprint density at radius 1 is 1.17 bits per heavy atom. The Balaban J connectivity index is 2.08. The second-order valence-corrected chi connectivity index (χ2v) is 7.82. The van der Waals surface area contributed by atoms with Gasteiger partial charge in [-0.3, -0.25) is 19.8 Å². The molecule has 0 atom stereocenters. The van der Waals surface area contributed by atoms with Crippen molar-refractivity contribution < 1.29 is 26.5 Å². The zero-order chi connectivity index (χ0) is 22.3. The molecule has 0 radical (unpaired) electrons. The predicted octanol–water partition coefficient (Wildman–Crippen LogP) is 2.80. The van der Waals surface area contributed by atoms with Crippen LogP contribution in [0.4, 0.5) is 24.5 Å². The van der Waals surface area contributed by atoms with Crippen LogP contribution in [0.1, 0.15) is 11.1 Å². The third-order valence-electron chi connectivity index (χ3n) is 3.97. The number of anilines is 1. The van der Waals surface area contributed by atoms with Gasteiger partial charge in [-0.25, -0.2) is 18.3 Å². The quantitative estimate of drug-likeness (QED) is 0.407. The second kappa shape index (κ2) is 7.29. The number of nitro groups is 1. The summed E-state index contributed by atoms with van der Waals surface area (Å²) in [6, 6.07) is 5.36. The SMILES string of the molecule is Cc1ccc(S(=O)(=O)Nc2cc(-c3n[nH]c(=O)[nH]3)cc(C(F)(F)F)c2)cc1[N+](=O)[O-]. The van der Waals surface area contributed by atoms with Gasteiger partial charge < -0.3 is 0 Å². The summed E-state index contributed by atoms with van der Waals surface area (Å²) in [7, 11) is -4.46. The molecule has 0 amide bonds. The standard InChI is InChI=1S/C16H12F3N5O5S/c1-8-2-3-12(7-13(8)24(26)27)30(28,29)23-11-5-9(14-20-15(25)22-21-14)4-10(6-11)16(17,18)19/h2-7,23H,1H3,(H2,20,21,22,25). The van der Waals surface area contributed by atoms with E-state index in [0.29, 0.717) is 12.1 Å². The number of sulfonamides is 1. The van der Waals surface area contributed by atoms with Gasteiger partial charge in [0.1, 0.15) is 0 Å². The highest BCUT2D eigenvalue weighted by Gasteiger charge is 2.32. The molecule has 14 heteroatoms. The number of hydrogen-bond donors (Lipinski definition) is 3. The van der Waals surface area contributed by atoms with Crippen LogP contribution >= 0.6 is 0 Å². The van der Waals surface area contributed by atoms with E-state index < -0.39 is 48.6 Å². The lowest BCUT2D eigenvalue weighted by Gasteiger charge is -2.13. The molecule has 3 rings (SSSR count). The third kappa shape index (κ3) is 4.32. The number of nitrogens with zero attached hydrogens (tertiary/aromatic N) is 2. The highest BCUT2D eigenvalue weighted by molar-refractivity contribution is 7.92. The van der Waals surface area contributed by atoms with E-state index in [1.54, 1.807) is 0 Å². The Labute approximate surface area is 166 Å². The van der Waals surface area contributed by atoms with E-state index >= 15 is 0 Å². The monoisotopic (exact) mass is 443 g/mol. The molecule has 158 valence electrons. The highest BCUT2D eigenvalue weighted by Crippen LogP contribution is 2.34. The Morgan fingerprint density at radius 2 is 1.87 bits per heavy atom. The van der Waals surface area contributed by atoms with Crippen LogP contribution in [-0.2, 0) is 16.2 Å². The number of rotatable bonds is 5. The molecule has 0 saturated carbocycles. The molecule has 0 aliphatic rings. The smallest absolute Gasteiger partial charge is 0.289 e. The van der Waals surface area contributed by atoms with Gasteiger partial charge in [-0.05, 0) is 31.2 Å². The molecule has 0 unspecified atom stereocenters. The molecule has 0 aliphatic heterocycles. The van der Waals surface area contributed by atoms with Crippen LogP contribution in [0, 0.1) is 17.0 Å². The number of aromatic nitrogens is 3. The third-order valence-corrected chi connectivity index (χ3v) is 5.35. The van der Waals surface area contributed by atoms with Crippen LogP contribution in [0.25, 0.3) is 11.4 Å². The fourth-order valence-corrected chi connectivity index (χ4v) is 3.62. The molecule has 0 spiro atoms. The van der Waals surface area contributed by atoms with Crippen molar-refractivity contribution in [3.8, 4) is 11.4 Å². The minimum absolute atomic E-state index is 0.211. The summed E-state index contributed by atoms with van der Waals surface area (Å²) in [6.45, 7) is 1.41. The number of nitro benzene ring substituents is 1. The second-order valence-electron chi connectivity index (χ2n) is 6.13. The van der Waals surface area contributed by atoms with Crippen molar-refractivity contribution in [2.75, 3.05) is 4.72 Å². The van der Waals surface area contributed by atoms with Crippen LogP contribution in [0.3, 0.4) is 0 Å². The van der Waals surface area contributed by atoms with E-state index in [-0.39, 0.29) is 17.0 Å². The van der Waals surface area contributed by atoms with Gasteiger partial charge in [-0.15, -0.1) is 0 Å². The molecule has 0 saturated heterocycles. The molecule has 0 bridgehead atoms. The summed E-state index contributed by atoms with van der Waals surface area (Å²) in [5.41, 5.74) is -2.91. The molecule has 1 aromatic heterocycles. The minimum atomic E-state index is -4.82. The summed E-state index contributed by atoms with van der Waals surface area (Å²) in [6.07, 6.45) is -4.82. The first-order valence-electron chi connectivity index (χ1n) is 8.02. The van der Waals surface area contributed by atoms with E-state index in [4.69, 9.17) is 0 Å². The molecule has 3 N–H and O–H groups in total. The Morgan fingerprint density at radius 3 is 2.43 bits per heavy atom. The number of alkyl halides is 3. The molecule has 0 aliphatic carbocycles. The maximum atomic E-state index is 13.3. The van der Waals surface area contributed by atoms with Gasteiger partial charge in [-0.1, -0.05) is 6.07 Å². The molecule has 10 nitrogen and oxygen atoms in total. The average molecular weight is 443 g/mol.